The van der Waals surface area contributed by atoms with Crippen molar-refractivity contribution in [3.05, 3.63) is 29.3 Å². The lowest BCUT2D eigenvalue weighted by Crippen LogP contribution is -2.46. The largest absolute Gasteiger partial charge is 0.452 e. The second-order valence-electron chi connectivity index (χ2n) is 5.19. The van der Waals surface area contributed by atoms with Crippen molar-refractivity contribution in [2.24, 2.45) is 0 Å². The minimum atomic E-state index is -0.684. The summed E-state index contributed by atoms with van der Waals surface area (Å²) in [6.07, 6.45) is 0.814. The number of aromatic nitrogens is 1. The topological polar surface area (TPSA) is 97.4 Å². The van der Waals surface area contributed by atoms with Crippen LogP contribution in [0.3, 0.4) is 0 Å². The molecule has 1 heterocycles. The van der Waals surface area contributed by atoms with Crippen LogP contribution in [0.1, 0.15) is 30.6 Å². The van der Waals surface area contributed by atoms with Crippen molar-refractivity contribution < 1.29 is 19.1 Å². The number of rotatable bonds is 7. The van der Waals surface area contributed by atoms with E-state index < -0.39 is 24.5 Å². The van der Waals surface area contributed by atoms with Gasteiger partial charge in [0.1, 0.15) is 6.04 Å². The predicted octanol–water partition coefficient (Wildman–Crippen LogP) is 1.48. The molecular weight excluding hydrogens is 330 g/mol. The van der Waals surface area contributed by atoms with Crippen LogP contribution in [0.4, 0.5) is 0 Å². The predicted molar refractivity (Wildman–Crippen MR) is 90.8 cm³/mol. The van der Waals surface area contributed by atoms with E-state index in [0.717, 1.165) is 16.6 Å². The van der Waals surface area contributed by atoms with Crippen LogP contribution >= 0.6 is 11.3 Å². The molecular formula is C16H19N3O4S. The van der Waals surface area contributed by atoms with Crippen molar-refractivity contribution in [1.82, 2.24) is 15.6 Å². The standard InChI is InChI=1S/C16H19N3O4S/c1-3-6-17-15(21)10(2)19-14(20)8-23-16(22)11-4-5-12-13(7-11)24-9-18-12/h4-5,7,9-10H,3,6,8H2,1-2H3,(H,17,21)(H,19,20)/t10-/m0/s1. The monoisotopic (exact) mass is 349 g/mol. The van der Waals surface area contributed by atoms with Crippen molar-refractivity contribution in [3.8, 4) is 0 Å². The summed E-state index contributed by atoms with van der Waals surface area (Å²) >= 11 is 1.42. The molecule has 0 radical (unpaired) electrons. The van der Waals surface area contributed by atoms with Gasteiger partial charge < -0.3 is 15.4 Å². The number of nitrogens with one attached hydrogen (secondary N) is 2. The second kappa shape index (κ2) is 8.39. The van der Waals surface area contributed by atoms with Crippen molar-refractivity contribution in [1.29, 1.82) is 0 Å². The summed E-state index contributed by atoms with van der Waals surface area (Å²) in [5, 5.41) is 5.16. The molecule has 1 aromatic carbocycles. The summed E-state index contributed by atoms with van der Waals surface area (Å²) in [5.41, 5.74) is 2.85. The highest BCUT2D eigenvalue weighted by molar-refractivity contribution is 7.16. The lowest BCUT2D eigenvalue weighted by molar-refractivity contribution is -0.130. The molecule has 0 aliphatic rings. The quantitative estimate of drug-likeness (QED) is 0.738. The number of fused-ring (bicyclic) bond motifs is 1. The van der Waals surface area contributed by atoms with Crippen LogP contribution in [0.2, 0.25) is 0 Å². The fraction of sp³-hybridized carbons (Fsp3) is 0.375. The van der Waals surface area contributed by atoms with Crippen LogP contribution in [0, 0.1) is 0 Å². The first-order valence-electron chi connectivity index (χ1n) is 7.58. The zero-order chi connectivity index (χ0) is 17.5. The Labute approximate surface area is 143 Å². The Bertz CT molecular complexity index is 744. The van der Waals surface area contributed by atoms with Crippen LogP contribution in [-0.4, -0.2) is 42.0 Å². The van der Waals surface area contributed by atoms with Gasteiger partial charge in [0.25, 0.3) is 5.91 Å². The Balaban J connectivity index is 1.82. The number of thiazole rings is 1. The summed E-state index contributed by atoms with van der Waals surface area (Å²) in [7, 11) is 0. The molecule has 8 heteroatoms. The zero-order valence-electron chi connectivity index (χ0n) is 13.5. The van der Waals surface area contributed by atoms with Crippen LogP contribution in [-0.2, 0) is 14.3 Å². The molecule has 0 saturated heterocycles. The molecule has 0 fully saturated rings. The van der Waals surface area contributed by atoms with Crippen molar-refractivity contribution >= 4 is 39.3 Å². The lowest BCUT2D eigenvalue weighted by Gasteiger charge is -2.13. The number of benzene rings is 1. The molecule has 0 spiro atoms. The molecule has 1 aromatic heterocycles. The van der Waals surface area contributed by atoms with Gasteiger partial charge in [-0.2, -0.15) is 0 Å². The van der Waals surface area contributed by atoms with Crippen LogP contribution in [0.15, 0.2) is 23.7 Å². The number of carbonyl (C=O) groups is 3. The third kappa shape index (κ3) is 4.76. The van der Waals surface area contributed by atoms with E-state index in [2.05, 4.69) is 15.6 Å². The summed E-state index contributed by atoms with van der Waals surface area (Å²) < 4.78 is 5.85. The summed E-state index contributed by atoms with van der Waals surface area (Å²) in [5.74, 6) is -1.39. The third-order valence-corrected chi connectivity index (χ3v) is 4.01. The number of hydrogen-bond donors (Lipinski definition) is 2. The van der Waals surface area contributed by atoms with Crippen LogP contribution < -0.4 is 10.6 Å². The number of nitrogens with zero attached hydrogens (tertiary/aromatic N) is 1. The van der Waals surface area contributed by atoms with Gasteiger partial charge in [0.15, 0.2) is 6.61 Å². The summed E-state index contributed by atoms with van der Waals surface area (Å²) in [6.45, 7) is 3.62. The molecule has 0 bridgehead atoms. The van der Waals surface area contributed by atoms with E-state index in [4.69, 9.17) is 4.74 Å². The molecule has 2 N–H and O–H groups in total. The maximum absolute atomic E-state index is 12.0. The van der Waals surface area contributed by atoms with Crippen molar-refractivity contribution in [3.63, 3.8) is 0 Å². The maximum atomic E-state index is 12.0. The van der Waals surface area contributed by atoms with Gasteiger partial charge in [0.2, 0.25) is 5.91 Å². The number of ether oxygens (including phenoxy) is 1. The van der Waals surface area contributed by atoms with E-state index in [1.807, 2.05) is 6.92 Å². The molecule has 0 saturated carbocycles. The van der Waals surface area contributed by atoms with Gasteiger partial charge in [0, 0.05) is 6.54 Å². The zero-order valence-corrected chi connectivity index (χ0v) is 14.3. The average molecular weight is 349 g/mol. The first kappa shape index (κ1) is 17.9. The molecule has 24 heavy (non-hydrogen) atoms. The van der Waals surface area contributed by atoms with Gasteiger partial charge in [-0.1, -0.05) is 6.92 Å². The van der Waals surface area contributed by atoms with Gasteiger partial charge >= 0.3 is 5.97 Å². The third-order valence-electron chi connectivity index (χ3n) is 3.22. The second-order valence-corrected chi connectivity index (χ2v) is 6.08. The molecule has 2 aromatic rings. The van der Waals surface area contributed by atoms with Gasteiger partial charge in [-0.15, -0.1) is 11.3 Å². The van der Waals surface area contributed by atoms with Gasteiger partial charge in [-0.05, 0) is 31.5 Å². The van der Waals surface area contributed by atoms with Crippen LogP contribution in [0.25, 0.3) is 10.2 Å². The molecule has 1 atom stereocenters. The fourth-order valence-electron chi connectivity index (χ4n) is 1.95. The molecule has 0 unspecified atom stereocenters. The number of amides is 2. The van der Waals surface area contributed by atoms with Crippen molar-refractivity contribution in [2.45, 2.75) is 26.3 Å². The van der Waals surface area contributed by atoms with Crippen molar-refractivity contribution in [2.75, 3.05) is 13.2 Å². The molecule has 2 rings (SSSR count). The Kier molecular flexibility index (Phi) is 6.25. The SMILES string of the molecule is CCCNC(=O)[C@H](C)NC(=O)COC(=O)c1ccc2ncsc2c1. The number of hydrogen-bond acceptors (Lipinski definition) is 6. The molecule has 128 valence electrons. The van der Waals surface area contributed by atoms with Crippen LogP contribution in [0.5, 0.6) is 0 Å². The van der Waals surface area contributed by atoms with E-state index in [1.165, 1.54) is 11.3 Å². The summed E-state index contributed by atoms with van der Waals surface area (Å²) in [4.78, 5) is 39.5. The Morgan fingerprint density at radius 2 is 2.12 bits per heavy atom. The Morgan fingerprint density at radius 3 is 2.88 bits per heavy atom. The smallest absolute Gasteiger partial charge is 0.338 e. The molecule has 2 amide bonds. The van der Waals surface area contributed by atoms with E-state index in [1.54, 1.807) is 30.6 Å². The van der Waals surface area contributed by atoms with Gasteiger partial charge in [-0.25, -0.2) is 9.78 Å². The lowest BCUT2D eigenvalue weighted by atomic mass is 10.2. The fourth-order valence-corrected chi connectivity index (χ4v) is 2.66. The molecule has 0 aliphatic heterocycles. The van der Waals surface area contributed by atoms with Gasteiger partial charge in [-0.3, -0.25) is 9.59 Å². The van der Waals surface area contributed by atoms with E-state index in [-0.39, 0.29) is 5.91 Å². The Morgan fingerprint density at radius 1 is 1.33 bits per heavy atom. The molecule has 0 aliphatic carbocycles. The first-order chi connectivity index (χ1) is 11.5. The normalized spacial score (nSPS) is 11.8. The first-order valence-corrected chi connectivity index (χ1v) is 8.46. The summed E-state index contributed by atoms with van der Waals surface area (Å²) in [6, 6.07) is 4.32. The average Bonchev–Trinajstić information content (AvgIpc) is 3.04. The minimum Gasteiger partial charge on any atom is -0.452 e. The Hall–Kier alpha value is -2.48. The minimum absolute atomic E-state index is 0.271. The van der Waals surface area contributed by atoms with E-state index >= 15 is 0 Å². The number of carbonyl (C=O) groups excluding carboxylic acids is 3. The molecule has 7 nitrogen and oxygen atoms in total. The highest BCUT2D eigenvalue weighted by Crippen LogP contribution is 2.19. The number of esters is 1. The van der Waals surface area contributed by atoms with E-state index in [9.17, 15) is 14.4 Å². The van der Waals surface area contributed by atoms with E-state index in [0.29, 0.717) is 12.1 Å². The maximum Gasteiger partial charge on any atom is 0.338 e. The highest BCUT2D eigenvalue weighted by Gasteiger charge is 2.16. The van der Waals surface area contributed by atoms with Gasteiger partial charge in [0.05, 0.1) is 21.3 Å². The highest BCUT2D eigenvalue weighted by atomic mass is 32.1.